The molecule has 0 bridgehead atoms. The lowest BCUT2D eigenvalue weighted by atomic mass is 10.2. The van der Waals surface area contributed by atoms with Gasteiger partial charge in [-0.1, -0.05) is 36.4 Å². The van der Waals surface area contributed by atoms with Crippen LogP contribution in [-0.4, -0.2) is 70.6 Å². The number of carbonyl (C=O) groups is 3. The number of piperazine rings is 1. The maximum Gasteiger partial charge on any atom is 0.414 e. The van der Waals surface area contributed by atoms with Gasteiger partial charge in [0.2, 0.25) is 0 Å². The van der Waals surface area contributed by atoms with Gasteiger partial charge in [-0.25, -0.2) is 14.0 Å². The monoisotopic (exact) mass is 418 g/mol. The highest BCUT2D eigenvalue weighted by atomic mass is 19.1. The number of carboxylic acid groups (broad SMARTS) is 2. The zero-order valence-corrected chi connectivity index (χ0v) is 16.2. The lowest BCUT2D eigenvalue weighted by Gasteiger charge is -2.34. The molecule has 1 amide bonds. The van der Waals surface area contributed by atoms with Crippen LogP contribution in [0.15, 0.2) is 54.6 Å². The van der Waals surface area contributed by atoms with Gasteiger partial charge in [-0.15, -0.1) is 0 Å². The zero-order valence-electron chi connectivity index (χ0n) is 16.2. The van der Waals surface area contributed by atoms with Gasteiger partial charge >= 0.3 is 11.9 Å². The Balaban J connectivity index is 0.000000469. The van der Waals surface area contributed by atoms with Gasteiger partial charge in [0.25, 0.3) is 5.91 Å². The largest absolute Gasteiger partial charge is 0.484 e. The summed E-state index contributed by atoms with van der Waals surface area (Å²) in [6.45, 7) is 3.40. The molecule has 0 atom stereocenters. The van der Waals surface area contributed by atoms with Crippen LogP contribution in [0.25, 0.3) is 0 Å². The maximum absolute atomic E-state index is 13.7. The molecule has 2 aromatic rings. The van der Waals surface area contributed by atoms with Crippen molar-refractivity contribution < 1.29 is 33.7 Å². The van der Waals surface area contributed by atoms with Crippen molar-refractivity contribution in [2.45, 2.75) is 6.54 Å². The van der Waals surface area contributed by atoms with Crippen LogP contribution in [-0.2, 0) is 20.9 Å². The second-order valence-electron chi connectivity index (χ2n) is 6.46. The van der Waals surface area contributed by atoms with Crippen LogP contribution in [0.2, 0.25) is 0 Å². The Morgan fingerprint density at radius 3 is 2.00 bits per heavy atom. The van der Waals surface area contributed by atoms with E-state index in [9.17, 15) is 9.18 Å². The van der Waals surface area contributed by atoms with Crippen molar-refractivity contribution in [3.63, 3.8) is 0 Å². The number of aliphatic carboxylic acids is 2. The predicted molar refractivity (Wildman–Crippen MR) is 105 cm³/mol. The van der Waals surface area contributed by atoms with Gasteiger partial charge in [0, 0.05) is 38.3 Å². The molecular weight excluding hydrogens is 395 g/mol. The van der Waals surface area contributed by atoms with Crippen molar-refractivity contribution in [1.82, 2.24) is 9.80 Å². The minimum atomic E-state index is -1.82. The molecule has 0 aliphatic carbocycles. The first kappa shape index (κ1) is 22.8. The number of carbonyl (C=O) groups excluding carboxylic acids is 1. The fourth-order valence-corrected chi connectivity index (χ4v) is 2.78. The minimum absolute atomic E-state index is 0.00982. The van der Waals surface area contributed by atoms with Gasteiger partial charge in [0.1, 0.15) is 11.6 Å². The lowest BCUT2D eigenvalue weighted by molar-refractivity contribution is -0.159. The molecule has 1 aliphatic heterocycles. The maximum atomic E-state index is 13.7. The number of hydrogen-bond acceptors (Lipinski definition) is 5. The van der Waals surface area contributed by atoms with E-state index in [2.05, 4.69) is 4.90 Å². The number of carboxylic acids is 2. The summed E-state index contributed by atoms with van der Waals surface area (Å²) >= 11 is 0. The van der Waals surface area contributed by atoms with E-state index in [1.807, 2.05) is 36.4 Å². The molecule has 0 unspecified atom stereocenters. The standard InChI is InChI=1S/C19H21FN2O2.C2H2O4/c20-18-9-5-4-6-16(18)14-21-10-12-22(13-11-21)19(23)15-24-17-7-2-1-3-8-17;3-1(4)2(5)6/h1-9H,10-15H2;(H,3,4)(H,5,6). The van der Waals surface area contributed by atoms with Gasteiger partial charge in [-0.05, 0) is 18.2 Å². The summed E-state index contributed by atoms with van der Waals surface area (Å²) < 4.78 is 19.2. The molecule has 1 aliphatic rings. The van der Waals surface area contributed by atoms with Crippen molar-refractivity contribution >= 4 is 17.8 Å². The minimum Gasteiger partial charge on any atom is -0.484 e. The van der Waals surface area contributed by atoms with Crippen LogP contribution in [0, 0.1) is 5.82 Å². The third-order valence-corrected chi connectivity index (χ3v) is 4.37. The molecule has 1 fully saturated rings. The fourth-order valence-electron chi connectivity index (χ4n) is 2.78. The Morgan fingerprint density at radius 1 is 0.867 bits per heavy atom. The topological polar surface area (TPSA) is 107 Å². The third-order valence-electron chi connectivity index (χ3n) is 4.37. The van der Waals surface area contributed by atoms with Gasteiger partial charge in [-0.3, -0.25) is 9.69 Å². The highest BCUT2D eigenvalue weighted by Gasteiger charge is 2.22. The summed E-state index contributed by atoms with van der Waals surface area (Å²) in [6.07, 6.45) is 0. The molecule has 0 saturated carbocycles. The Morgan fingerprint density at radius 2 is 1.43 bits per heavy atom. The van der Waals surface area contributed by atoms with Crippen molar-refractivity contribution in [3.8, 4) is 5.75 Å². The van der Waals surface area contributed by atoms with Gasteiger partial charge in [-0.2, -0.15) is 0 Å². The third kappa shape index (κ3) is 7.51. The van der Waals surface area contributed by atoms with Crippen molar-refractivity contribution in [2.75, 3.05) is 32.8 Å². The van der Waals surface area contributed by atoms with Gasteiger partial charge in [0.15, 0.2) is 6.61 Å². The highest BCUT2D eigenvalue weighted by molar-refractivity contribution is 6.27. The fraction of sp³-hybridized carbons (Fsp3) is 0.286. The molecule has 160 valence electrons. The molecule has 0 radical (unpaired) electrons. The molecule has 0 spiro atoms. The molecule has 2 aromatic carbocycles. The Kier molecular flexibility index (Phi) is 8.76. The van der Waals surface area contributed by atoms with Crippen LogP contribution in [0.5, 0.6) is 5.75 Å². The first-order chi connectivity index (χ1) is 14.4. The van der Waals surface area contributed by atoms with Crippen LogP contribution >= 0.6 is 0 Å². The van der Waals surface area contributed by atoms with Gasteiger partial charge < -0.3 is 19.8 Å². The second kappa shape index (κ2) is 11.5. The van der Waals surface area contributed by atoms with Gasteiger partial charge in [0.05, 0.1) is 0 Å². The van der Waals surface area contributed by atoms with E-state index in [1.165, 1.54) is 6.07 Å². The number of rotatable bonds is 5. The average molecular weight is 418 g/mol. The predicted octanol–water partition coefficient (Wildman–Crippen LogP) is 1.70. The van der Waals surface area contributed by atoms with E-state index >= 15 is 0 Å². The zero-order chi connectivity index (χ0) is 21.9. The quantitative estimate of drug-likeness (QED) is 0.712. The molecule has 0 aromatic heterocycles. The number of halogens is 1. The number of benzene rings is 2. The van der Waals surface area contributed by atoms with E-state index in [0.29, 0.717) is 30.9 Å². The molecule has 9 heteroatoms. The Bertz CT molecular complexity index is 842. The molecule has 2 N–H and O–H groups in total. The average Bonchev–Trinajstić information content (AvgIpc) is 2.75. The van der Waals surface area contributed by atoms with E-state index in [1.54, 1.807) is 17.0 Å². The summed E-state index contributed by atoms with van der Waals surface area (Å²) in [4.78, 5) is 34.4. The smallest absolute Gasteiger partial charge is 0.414 e. The molecule has 1 heterocycles. The molecule has 8 nitrogen and oxygen atoms in total. The van der Waals surface area contributed by atoms with Crippen LogP contribution in [0.1, 0.15) is 5.56 Å². The highest BCUT2D eigenvalue weighted by Crippen LogP contribution is 2.13. The number of nitrogens with zero attached hydrogens (tertiary/aromatic N) is 2. The second-order valence-corrected chi connectivity index (χ2v) is 6.46. The molecule has 30 heavy (non-hydrogen) atoms. The Hall–Kier alpha value is -3.46. The van der Waals surface area contributed by atoms with Crippen LogP contribution in [0.4, 0.5) is 4.39 Å². The molecular formula is C21H23FN2O6. The summed E-state index contributed by atoms with van der Waals surface area (Å²) in [5.74, 6) is -3.13. The van der Waals surface area contributed by atoms with E-state index < -0.39 is 11.9 Å². The van der Waals surface area contributed by atoms with Crippen LogP contribution in [0.3, 0.4) is 0 Å². The first-order valence-electron chi connectivity index (χ1n) is 9.24. The lowest BCUT2D eigenvalue weighted by Crippen LogP contribution is -2.49. The number of amides is 1. The van der Waals surface area contributed by atoms with Crippen molar-refractivity contribution in [3.05, 3.63) is 66.0 Å². The van der Waals surface area contributed by atoms with Crippen molar-refractivity contribution in [2.24, 2.45) is 0 Å². The van der Waals surface area contributed by atoms with E-state index in [0.717, 1.165) is 13.1 Å². The summed E-state index contributed by atoms with van der Waals surface area (Å²) in [5, 5.41) is 14.8. The van der Waals surface area contributed by atoms with E-state index in [-0.39, 0.29) is 18.3 Å². The molecule has 1 saturated heterocycles. The number of para-hydroxylation sites is 1. The summed E-state index contributed by atoms with van der Waals surface area (Å²) in [6, 6.07) is 16.2. The number of ether oxygens (including phenoxy) is 1. The first-order valence-corrected chi connectivity index (χ1v) is 9.24. The SMILES string of the molecule is O=C(COc1ccccc1)N1CCN(Cc2ccccc2F)CC1.O=C(O)C(=O)O. The summed E-state index contributed by atoms with van der Waals surface area (Å²) in [5.41, 5.74) is 0.699. The normalized spacial score (nSPS) is 13.7. The van der Waals surface area contributed by atoms with Crippen molar-refractivity contribution in [1.29, 1.82) is 0 Å². The van der Waals surface area contributed by atoms with Crippen LogP contribution < -0.4 is 4.74 Å². The molecule has 3 rings (SSSR count). The van der Waals surface area contributed by atoms with E-state index in [4.69, 9.17) is 24.5 Å². The Labute approximate surface area is 173 Å². The summed E-state index contributed by atoms with van der Waals surface area (Å²) in [7, 11) is 0. The number of hydrogen-bond donors (Lipinski definition) is 2.